The first-order valence-corrected chi connectivity index (χ1v) is 9.25. The molecule has 4 atom stereocenters. The number of azide groups is 1. The van der Waals surface area contributed by atoms with Crippen LogP contribution in [0.25, 0.3) is 10.4 Å². The Morgan fingerprint density at radius 3 is 2.64 bits per heavy atom. The molecule has 1 aliphatic carbocycles. The molecule has 1 unspecified atom stereocenters. The van der Waals surface area contributed by atoms with E-state index < -0.39 is 11.6 Å². The number of aliphatic hydroxyl groups excluding tert-OH is 1. The maximum absolute atomic E-state index is 10.4. The molecule has 0 amide bonds. The largest absolute Gasteiger partial charge is 0.508 e. The van der Waals surface area contributed by atoms with Crippen molar-refractivity contribution in [3.8, 4) is 5.75 Å². The Bertz CT molecular complexity index is 665. The number of phenolic OH excluding ortho intramolecular Hbond substituents is 1. The molecule has 138 valence electrons. The first-order chi connectivity index (χ1) is 11.7. The van der Waals surface area contributed by atoms with E-state index in [1.54, 1.807) is 13.8 Å². The maximum Gasteiger partial charge on any atom is 0.119 e. The lowest BCUT2D eigenvalue weighted by Gasteiger charge is -2.35. The minimum atomic E-state index is -0.789. The third-order valence-electron chi connectivity index (χ3n) is 5.84. The summed E-state index contributed by atoms with van der Waals surface area (Å²) in [7, 11) is 0. The van der Waals surface area contributed by atoms with E-state index in [1.165, 1.54) is 5.56 Å². The monoisotopic (exact) mass is 345 g/mol. The summed E-state index contributed by atoms with van der Waals surface area (Å²) in [5.74, 6) is 1.59. The van der Waals surface area contributed by atoms with Gasteiger partial charge in [0.25, 0.3) is 0 Å². The molecule has 1 aromatic carbocycles. The highest BCUT2D eigenvalue weighted by atomic mass is 16.3. The van der Waals surface area contributed by atoms with E-state index in [1.807, 2.05) is 13.0 Å². The van der Waals surface area contributed by atoms with Crippen LogP contribution in [0.3, 0.4) is 0 Å². The normalized spacial score (nSPS) is 22.6. The van der Waals surface area contributed by atoms with Crippen LogP contribution in [-0.4, -0.2) is 21.9 Å². The van der Waals surface area contributed by atoms with Gasteiger partial charge in [0.1, 0.15) is 5.75 Å². The predicted octanol–water partition coefficient (Wildman–Crippen LogP) is 5.55. The smallest absolute Gasteiger partial charge is 0.119 e. The molecule has 0 aliphatic heterocycles. The number of rotatable bonds is 6. The summed E-state index contributed by atoms with van der Waals surface area (Å²) in [6, 6.07) is 4.07. The van der Waals surface area contributed by atoms with Crippen molar-refractivity contribution in [3.05, 3.63) is 39.3 Å². The summed E-state index contributed by atoms with van der Waals surface area (Å²) in [6.45, 7) is 9.95. The van der Waals surface area contributed by atoms with E-state index in [2.05, 4.69) is 29.9 Å². The van der Waals surface area contributed by atoms with Gasteiger partial charge in [0, 0.05) is 10.5 Å². The van der Waals surface area contributed by atoms with E-state index >= 15 is 0 Å². The van der Waals surface area contributed by atoms with Crippen LogP contribution in [0.1, 0.15) is 81.9 Å². The minimum absolute atomic E-state index is 0.383. The Morgan fingerprint density at radius 1 is 1.32 bits per heavy atom. The number of aromatic hydroxyl groups is 1. The lowest BCUT2D eigenvalue weighted by molar-refractivity contribution is 0.0872. The molecule has 1 aromatic rings. The fourth-order valence-corrected chi connectivity index (χ4v) is 4.13. The fourth-order valence-electron chi connectivity index (χ4n) is 4.13. The average Bonchev–Trinajstić information content (AvgIpc) is 2.51. The lowest BCUT2D eigenvalue weighted by Crippen LogP contribution is -2.34. The zero-order chi connectivity index (χ0) is 18.8. The van der Waals surface area contributed by atoms with Crippen LogP contribution in [0.2, 0.25) is 0 Å². The third kappa shape index (κ3) is 4.28. The van der Waals surface area contributed by atoms with Crippen molar-refractivity contribution in [2.24, 2.45) is 11.0 Å². The van der Waals surface area contributed by atoms with E-state index in [4.69, 9.17) is 5.53 Å². The molecule has 0 saturated heterocycles. The van der Waals surface area contributed by atoms with Gasteiger partial charge in [-0.3, -0.25) is 0 Å². The first kappa shape index (κ1) is 19.6. The zero-order valence-corrected chi connectivity index (χ0v) is 16.0. The molecular weight excluding hydrogens is 314 g/mol. The second-order valence-electron chi connectivity index (χ2n) is 8.29. The summed E-state index contributed by atoms with van der Waals surface area (Å²) >= 11 is 0. The van der Waals surface area contributed by atoms with Crippen molar-refractivity contribution in [1.29, 1.82) is 0 Å². The number of aliphatic hydroxyl groups is 1. The van der Waals surface area contributed by atoms with E-state index in [0.717, 1.165) is 30.4 Å². The quantitative estimate of drug-likeness (QED) is 0.402. The number of fused-ring (bicyclic) bond motifs is 1. The maximum atomic E-state index is 10.4. The number of nitrogens with zero attached hydrogens (tertiary/aromatic N) is 3. The fraction of sp³-hybridized carbons (Fsp3) is 0.700. The topological polar surface area (TPSA) is 89.2 Å². The molecule has 2 N–H and O–H groups in total. The van der Waals surface area contributed by atoms with Gasteiger partial charge < -0.3 is 10.2 Å². The van der Waals surface area contributed by atoms with E-state index in [-0.39, 0.29) is 0 Å². The molecule has 1 aliphatic rings. The molecule has 0 radical (unpaired) electrons. The van der Waals surface area contributed by atoms with Gasteiger partial charge in [0.05, 0.1) is 11.6 Å². The van der Waals surface area contributed by atoms with Gasteiger partial charge in [-0.25, -0.2) is 0 Å². The van der Waals surface area contributed by atoms with Gasteiger partial charge in [-0.05, 0) is 73.1 Å². The molecule has 0 spiro atoms. The molecule has 0 saturated carbocycles. The van der Waals surface area contributed by atoms with E-state index in [9.17, 15) is 10.2 Å². The molecule has 5 nitrogen and oxygen atoms in total. The van der Waals surface area contributed by atoms with Crippen LogP contribution < -0.4 is 0 Å². The molecule has 0 aromatic heterocycles. The van der Waals surface area contributed by atoms with E-state index in [0.29, 0.717) is 29.9 Å². The van der Waals surface area contributed by atoms with Gasteiger partial charge >= 0.3 is 0 Å². The van der Waals surface area contributed by atoms with Gasteiger partial charge in [-0.2, -0.15) is 0 Å². The van der Waals surface area contributed by atoms with Crippen LogP contribution in [-0.2, 0) is 0 Å². The lowest BCUT2D eigenvalue weighted by atomic mass is 9.70. The van der Waals surface area contributed by atoms with Crippen LogP contribution >= 0.6 is 0 Å². The predicted molar refractivity (Wildman–Crippen MR) is 101 cm³/mol. The standard InChI is InChI=1S/C20H31N3O2/c1-12-10-16-15(8-6-14(3)19(16)17(24)11-12)13(2)7-9-18(25)20(4,5)22-23-21/h10-11,13-15,18,24-25H,6-9H2,1-5H3/t13-,14+,15-,18?/m0/s1. The molecule has 0 fully saturated rings. The van der Waals surface area contributed by atoms with Crippen LogP contribution in [0, 0.1) is 12.8 Å². The summed E-state index contributed by atoms with van der Waals surface area (Å²) in [6.07, 6.45) is 2.99. The summed E-state index contributed by atoms with van der Waals surface area (Å²) in [4.78, 5) is 2.84. The van der Waals surface area contributed by atoms with Crippen molar-refractivity contribution in [2.75, 3.05) is 0 Å². The molecular formula is C20H31N3O2. The Hall–Kier alpha value is -1.71. The number of hydrogen-bond acceptors (Lipinski definition) is 3. The minimum Gasteiger partial charge on any atom is -0.508 e. The molecule has 5 heteroatoms. The molecule has 0 bridgehead atoms. The van der Waals surface area contributed by atoms with Crippen LogP contribution in [0.5, 0.6) is 5.75 Å². The summed E-state index contributed by atoms with van der Waals surface area (Å²) in [5, 5.41) is 24.5. The molecule has 25 heavy (non-hydrogen) atoms. The Kier molecular flexibility index (Phi) is 6.02. The number of aryl methyl sites for hydroxylation is 1. The zero-order valence-electron chi connectivity index (χ0n) is 16.0. The third-order valence-corrected chi connectivity index (χ3v) is 5.84. The van der Waals surface area contributed by atoms with Crippen LogP contribution in [0.4, 0.5) is 0 Å². The second kappa shape index (κ2) is 7.67. The van der Waals surface area contributed by atoms with Crippen molar-refractivity contribution in [2.45, 2.75) is 83.8 Å². The van der Waals surface area contributed by atoms with Gasteiger partial charge in [-0.15, -0.1) is 0 Å². The van der Waals surface area contributed by atoms with Crippen molar-refractivity contribution >= 4 is 0 Å². The van der Waals surface area contributed by atoms with Gasteiger partial charge in [0.15, 0.2) is 0 Å². The van der Waals surface area contributed by atoms with Gasteiger partial charge in [0.2, 0.25) is 0 Å². The van der Waals surface area contributed by atoms with Gasteiger partial charge in [-0.1, -0.05) is 38.9 Å². The SMILES string of the molecule is Cc1cc(O)c2c(c1)[C@H]([C@@H](C)CCC(O)C(C)(C)N=[N+]=[N-])CC[C@H]2C. The number of benzene rings is 1. The number of phenols is 1. The second-order valence-corrected chi connectivity index (χ2v) is 8.29. The first-order valence-electron chi connectivity index (χ1n) is 9.25. The Labute approximate surface area is 150 Å². The molecule has 0 heterocycles. The van der Waals surface area contributed by atoms with Crippen molar-refractivity contribution in [1.82, 2.24) is 0 Å². The Morgan fingerprint density at radius 2 is 2.00 bits per heavy atom. The molecule has 2 rings (SSSR count). The highest BCUT2D eigenvalue weighted by molar-refractivity contribution is 5.48. The van der Waals surface area contributed by atoms with Crippen molar-refractivity contribution < 1.29 is 10.2 Å². The highest BCUT2D eigenvalue weighted by Gasteiger charge is 2.32. The average molecular weight is 345 g/mol. The highest BCUT2D eigenvalue weighted by Crippen LogP contribution is 2.47. The van der Waals surface area contributed by atoms with Crippen LogP contribution in [0.15, 0.2) is 17.2 Å². The summed E-state index contributed by atoms with van der Waals surface area (Å²) < 4.78 is 0. The van der Waals surface area contributed by atoms with Crippen molar-refractivity contribution in [3.63, 3.8) is 0 Å². The Balaban J connectivity index is 2.15. The summed E-state index contributed by atoms with van der Waals surface area (Å²) in [5.41, 5.74) is 11.3. The number of hydrogen-bond donors (Lipinski definition) is 2.